The van der Waals surface area contributed by atoms with Crippen LogP contribution in [0.1, 0.15) is 26.7 Å². The van der Waals surface area contributed by atoms with Gasteiger partial charge in [0.25, 0.3) is 6.35 Å². The van der Waals surface area contributed by atoms with E-state index in [1.165, 1.54) is 0 Å². The van der Waals surface area contributed by atoms with Gasteiger partial charge in [-0.1, -0.05) is 6.92 Å². The van der Waals surface area contributed by atoms with Crippen LogP contribution in [0.4, 0.5) is 0 Å². The van der Waals surface area contributed by atoms with E-state index in [9.17, 15) is 4.79 Å². The Morgan fingerprint density at radius 2 is 2.14 bits per heavy atom. The van der Waals surface area contributed by atoms with Crippen LogP contribution in [0.2, 0.25) is 0 Å². The molecule has 1 unspecified atom stereocenters. The molecule has 0 aromatic rings. The molecule has 0 aromatic heterocycles. The van der Waals surface area contributed by atoms with Gasteiger partial charge in [0.15, 0.2) is 0 Å². The largest absolute Gasteiger partial charge is 0.422 e. The minimum atomic E-state index is -0.251. The summed E-state index contributed by atoms with van der Waals surface area (Å²) in [5, 5.41) is 0. The van der Waals surface area contributed by atoms with Gasteiger partial charge in [-0.25, -0.2) is 0 Å². The number of carbonyl (C=O) groups excluding carboxylic acids is 1. The highest BCUT2D eigenvalue weighted by Crippen LogP contribution is 2.15. The normalized spacial score (nSPS) is 20.4. The first-order chi connectivity index (χ1) is 6.69. The summed E-state index contributed by atoms with van der Waals surface area (Å²) in [6, 6.07) is 0. The van der Waals surface area contributed by atoms with Crippen molar-refractivity contribution in [3.05, 3.63) is 12.4 Å². The van der Waals surface area contributed by atoms with Crippen LogP contribution in [-0.2, 0) is 9.53 Å². The molecule has 0 N–H and O–H groups in total. The van der Waals surface area contributed by atoms with Crippen molar-refractivity contribution in [2.24, 2.45) is 0 Å². The van der Waals surface area contributed by atoms with Crippen LogP contribution >= 0.6 is 0 Å². The van der Waals surface area contributed by atoms with Gasteiger partial charge in [0.1, 0.15) is 0 Å². The van der Waals surface area contributed by atoms with Crippen LogP contribution in [0.5, 0.6) is 0 Å². The molecule has 1 heterocycles. The third-order valence-electron chi connectivity index (χ3n) is 2.18. The van der Waals surface area contributed by atoms with Crippen molar-refractivity contribution in [3.8, 4) is 0 Å². The molecule has 1 aliphatic heterocycles. The summed E-state index contributed by atoms with van der Waals surface area (Å²) in [6.07, 6.45) is 4.91. The quantitative estimate of drug-likeness (QED) is 0.638. The highest BCUT2D eigenvalue weighted by Gasteiger charge is 2.25. The average molecular weight is 198 g/mol. The molecular weight excluding hydrogens is 180 g/mol. The molecule has 14 heavy (non-hydrogen) atoms. The minimum absolute atomic E-state index is 0.133. The highest BCUT2D eigenvalue weighted by atomic mass is 16.6. The van der Waals surface area contributed by atoms with Crippen LogP contribution in [0, 0.1) is 0 Å². The summed E-state index contributed by atoms with van der Waals surface area (Å²) in [5.74, 6) is -0.133. The number of hydrogen-bond donors (Lipinski definition) is 0. The van der Waals surface area contributed by atoms with Gasteiger partial charge in [-0.15, -0.1) is 0 Å². The SMILES string of the molecule is CCCC(=O)OC1N(C)C=CN1CC. The molecule has 0 bridgehead atoms. The smallest absolute Gasteiger partial charge is 0.309 e. The predicted octanol–water partition coefficient (Wildman–Crippen LogP) is 1.35. The Balaban J connectivity index is 2.46. The Hall–Kier alpha value is -1.19. The monoisotopic (exact) mass is 198 g/mol. The summed E-state index contributed by atoms with van der Waals surface area (Å²) < 4.78 is 5.32. The number of nitrogens with zero attached hydrogens (tertiary/aromatic N) is 2. The molecule has 1 aliphatic rings. The average Bonchev–Trinajstić information content (AvgIpc) is 2.48. The van der Waals surface area contributed by atoms with Crippen LogP contribution in [0.3, 0.4) is 0 Å². The van der Waals surface area contributed by atoms with Gasteiger partial charge in [-0.05, 0) is 13.3 Å². The van der Waals surface area contributed by atoms with E-state index in [1.807, 2.05) is 43.1 Å². The molecule has 4 heteroatoms. The Bertz CT molecular complexity index is 228. The van der Waals surface area contributed by atoms with Crippen molar-refractivity contribution in [2.45, 2.75) is 33.0 Å². The second-order valence-electron chi connectivity index (χ2n) is 3.36. The van der Waals surface area contributed by atoms with Crippen LogP contribution in [-0.4, -0.2) is 35.7 Å². The summed E-state index contributed by atoms with van der Waals surface area (Å²) in [7, 11) is 1.90. The fourth-order valence-corrected chi connectivity index (χ4v) is 1.37. The summed E-state index contributed by atoms with van der Waals surface area (Å²) >= 11 is 0. The Labute approximate surface area is 85.1 Å². The fourth-order valence-electron chi connectivity index (χ4n) is 1.37. The second-order valence-corrected chi connectivity index (χ2v) is 3.36. The lowest BCUT2D eigenvalue weighted by atomic mass is 10.3. The van der Waals surface area contributed by atoms with Crippen molar-refractivity contribution >= 4 is 5.97 Å². The van der Waals surface area contributed by atoms with E-state index in [2.05, 4.69) is 0 Å². The zero-order valence-electron chi connectivity index (χ0n) is 9.06. The molecule has 80 valence electrons. The van der Waals surface area contributed by atoms with Crippen molar-refractivity contribution in [1.29, 1.82) is 0 Å². The van der Waals surface area contributed by atoms with E-state index < -0.39 is 0 Å². The maximum Gasteiger partial charge on any atom is 0.309 e. The molecule has 1 atom stereocenters. The van der Waals surface area contributed by atoms with Gasteiger partial charge in [-0.2, -0.15) is 0 Å². The van der Waals surface area contributed by atoms with Crippen LogP contribution in [0.15, 0.2) is 12.4 Å². The molecule has 1 rings (SSSR count). The third kappa shape index (κ3) is 2.40. The summed E-state index contributed by atoms with van der Waals surface area (Å²) in [5.41, 5.74) is 0. The maximum absolute atomic E-state index is 11.3. The van der Waals surface area contributed by atoms with E-state index >= 15 is 0 Å². The Morgan fingerprint density at radius 1 is 1.43 bits per heavy atom. The molecule has 0 aromatic carbocycles. The van der Waals surface area contributed by atoms with Gasteiger partial charge in [0.2, 0.25) is 0 Å². The van der Waals surface area contributed by atoms with Crippen molar-refractivity contribution in [1.82, 2.24) is 9.80 Å². The van der Waals surface area contributed by atoms with Crippen LogP contribution in [0.25, 0.3) is 0 Å². The van der Waals surface area contributed by atoms with Crippen LogP contribution < -0.4 is 0 Å². The lowest BCUT2D eigenvalue weighted by Crippen LogP contribution is -2.40. The number of carbonyl (C=O) groups is 1. The predicted molar refractivity (Wildman–Crippen MR) is 54.1 cm³/mol. The van der Waals surface area contributed by atoms with Gasteiger partial charge >= 0.3 is 5.97 Å². The zero-order valence-corrected chi connectivity index (χ0v) is 9.06. The standard InChI is InChI=1S/C10H18N2O2/c1-4-6-9(13)14-10-11(3)7-8-12(10)5-2/h7-8,10H,4-6H2,1-3H3. The lowest BCUT2D eigenvalue weighted by molar-refractivity contribution is -0.166. The Kier molecular flexibility index (Phi) is 3.80. The number of esters is 1. The molecule has 4 nitrogen and oxygen atoms in total. The van der Waals surface area contributed by atoms with Gasteiger partial charge in [0, 0.05) is 32.4 Å². The van der Waals surface area contributed by atoms with Crippen molar-refractivity contribution in [3.63, 3.8) is 0 Å². The minimum Gasteiger partial charge on any atom is -0.422 e. The summed E-state index contributed by atoms with van der Waals surface area (Å²) in [4.78, 5) is 15.2. The van der Waals surface area contributed by atoms with E-state index in [4.69, 9.17) is 4.74 Å². The molecule has 0 aliphatic carbocycles. The third-order valence-corrected chi connectivity index (χ3v) is 2.18. The molecule has 0 amide bonds. The zero-order chi connectivity index (χ0) is 10.6. The first-order valence-corrected chi connectivity index (χ1v) is 5.04. The topological polar surface area (TPSA) is 32.8 Å². The van der Waals surface area contributed by atoms with Crippen molar-refractivity contribution in [2.75, 3.05) is 13.6 Å². The van der Waals surface area contributed by atoms with E-state index in [0.717, 1.165) is 13.0 Å². The Morgan fingerprint density at radius 3 is 2.71 bits per heavy atom. The molecular formula is C10H18N2O2. The van der Waals surface area contributed by atoms with Gasteiger partial charge in [-0.3, -0.25) is 4.79 Å². The first-order valence-electron chi connectivity index (χ1n) is 5.04. The van der Waals surface area contributed by atoms with E-state index in [1.54, 1.807) is 0 Å². The molecule has 0 spiro atoms. The van der Waals surface area contributed by atoms with E-state index in [0.29, 0.717) is 6.42 Å². The highest BCUT2D eigenvalue weighted by molar-refractivity contribution is 5.69. The number of ether oxygens (including phenoxy) is 1. The lowest BCUT2D eigenvalue weighted by Gasteiger charge is -2.28. The number of hydrogen-bond acceptors (Lipinski definition) is 4. The molecule has 0 fully saturated rings. The van der Waals surface area contributed by atoms with Gasteiger partial charge < -0.3 is 14.5 Å². The maximum atomic E-state index is 11.3. The first kappa shape index (κ1) is 10.9. The summed E-state index contributed by atoms with van der Waals surface area (Å²) in [6.45, 7) is 4.84. The number of rotatable bonds is 4. The second kappa shape index (κ2) is 4.88. The van der Waals surface area contributed by atoms with E-state index in [-0.39, 0.29) is 12.3 Å². The fraction of sp³-hybridized carbons (Fsp3) is 0.700. The van der Waals surface area contributed by atoms with Crippen molar-refractivity contribution < 1.29 is 9.53 Å². The molecule has 0 saturated heterocycles. The van der Waals surface area contributed by atoms with Gasteiger partial charge in [0.05, 0.1) is 0 Å². The molecule has 0 saturated carbocycles. The molecule has 0 radical (unpaired) electrons.